The fourth-order valence-electron chi connectivity index (χ4n) is 2.88. The van der Waals surface area contributed by atoms with Gasteiger partial charge in [0.2, 0.25) is 0 Å². The Morgan fingerprint density at radius 2 is 1.94 bits per heavy atom. The van der Waals surface area contributed by atoms with Crippen LogP contribution in [0.5, 0.6) is 0 Å². The molecular weight excluding hydrogens is 208 g/mol. The minimum absolute atomic E-state index is 0.00285. The van der Waals surface area contributed by atoms with Gasteiger partial charge in [-0.25, -0.2) is 0 Å². The molecule has 90 valence electrons. The van der Waals surface area contributed by atoms with Crippen LogP contribution in [0.2, 0.25) is 0 Å². The summed E-state index contributed by atoms with van der Waals surface area (Å²) >= 11 is 0. The van der Waals surface area contributed by atoms with E-state index < -0.39 is 0 Å². The van der Waals surface area contributed by atoms with Crippen LogP contribution in [0.4, 0.5) is 0 Å². The fourth-order valence-corrected chi connectivity index (χ4v) is 2.88. The lowest BCUT2D eigenvalue weighted by atomic mass is 9.75. The van der Waals surface area contributed by atoms with Crippen LogP contribution in [0.3, 0.4) is 0 Å². The first-order chi connectivity index (χ1) is 7.96. The smallest absolute Gasteiger partial charge is 0.0480 e. The molecule has 1 aliphatic carbocycles. The minimum atomic E-state index is -0.00285. The van der Waals surface area contributed by atoms with Gasteiger partial charge in [0.1, 0.15) is 0 Å². The van der Waals surface area contributed by atoms with E-state index in [1.54, 1.807) is 0 Å². The first-order valence-corrected chi connectivity index (χ1v) is 6.29. The van der Waals surface area contributed by atoms with Crippen molar-refractivity contribution >= 4 is 10.9 Å². The normalized spacial score (nSPS) is 18.6. The van der Waals surface area contributed by atoms with Crippen LogP contribution < -0.4 is 5.73 Å². The zero-order chi connectivity index (χ0) is 12.3. The molecule has 1 heterocycles. The quantitative estimate of drug-likeness (QED) is 0.841. The lowest BCUT2D eigenvalue weighted by Crippen LogP contribution is -2.43. The third-order valence-electron chi connectivity index (χ3n) is 4.63. The van der Waals surface area contributed by atoms with Gasteiger partial charge in [0.15, 0.2) is 0 Å². The molecule has 0 saturated heterocycles. The van der Waals surface area contributed by atoms with E-state index >= 15 is 0 Å². The summed E-state index contributed by atoms with van der Waals surface area (Å²) in [4.78, 5) is 0. The van der Waals surface area contributed by atoms with Crippen molar-refractivity contribution in [1.82, 2.24) is 4.57 Å². The molecular formula is C15H20N2. The van der Waals surface area contributed by atoms with Gasteiger partial charge in [-0.1, -0.05) is 26.0 Å². The molecule has 2 heteroatoms. The Hall–Kier alpha value is -1.28. The highest BCUT2D eigenvalue weighted by Crippen LogP contribution is 2.50. The average molecular weight is 228 g/mol. The topological polar surface area (TPSA) is 30.9 Å². The summed E-state index contributed by atoms with van der Waals surface area (Å²) in [6, 6.07) is 8.75. The van der Waals surface area contributed by atoms with E-state index in [2.05, 4.69) is 55.9 Å². The number of aryl methyl sites for hydroxylation is 1. The Morgan fingerprint density at radius 3 is 2.59 bits per heavy atom. The fraction of sp³-hybridized carbons (Fsp3) is 0.467. The maximum Gasteiger partial charge on any atom is 0.0480 e. The zero-order valence-electron chi connectivity index (χ0n) is 10.8. The van der Waals surface area contributed by atoms with Crippen molar-refractivity contribution in [2.45, 2.75) is 37.6 Å². The maximum atomic E-state index is 6.45. The Kier molecular flexibility index (Phi) is 2.00. The predicted octanol–water partition coefficient (Wildman–Crippen LogP) is 2.95. The highest BCUT2D eigenvalue weighted by molar-refractivity contribution is 5.85. The molecule has 3 rings (SSSR count). The predicted molar refractivity (Wildman–Crippen MR) is 72.1 cm³/mol. The second-order valence-electron chi connectivity index (χ2n) is 5.95. The van der Waals surface area contributed by atoms with Gasteiger partial charge in [-0.05, 0) is 30.5 Å². The molecule has 1 saturated carbocycles. The molecule has 0 radical (unpaired) electrons. The third kappa shape index (κ3) is 1.37. The highest BCUT2D eigenvalue weighted by atomic mass is 14.9. The van der Waals surface area contributed by atoms with Gasteiger partial charge < -0.3 is 10.3 Å². The standard InChI is InChI=1S/C15H20N2/c1-14(2,15(16)8-9-15)12-5-4-6-13-11(12)7-10-17(13)3/h4-7,10H,8-9,16H2,1-3H3. The lowest BCUT2D eigenvalue weighted by molar-refractivity contribution is 0.394. The molecule has 0 aliphatic heterocycles. The van der Waals surface area contributed by atoms with E-state index in [4.69, 9.17) is 5.73 Å². The Morgan fingerprint density at radius 1 is 1.24 bits per heavy atom. The Balaban J connectivity index is 2.24. The van der Waals surface area contributed by atoms with Gasteiger partial charge in [-0.15, -0.1) is 0 Å². The summed E-state index contributed by atoms with van der Waals surface area (Å²) in [7, 11) is 2.09. The van der Waals surface area contributed by atoms with Crippen LogP contribution >= 0.6 is 0 Å². The van der Waals surface area contributed by atoms with E-state index in [0.717, 1.165) is 12.8 Å². The summed E-state index contributed by atoms with van der Waals surface area (Å²) in [6.45, 7) is 4.56. The molecule has 1 aromatic heterocycles. The Labute approximate surface area is 102 Å². The number of nitrogens with zero attached hydrogens (tertiary/aromatic N) is 1. The summed E-state index contributed by atoms with van der Waals surface area (Å²) in [5.74, 6) is 0. The third-order valence-corrected chi connectivity index (χ3v) is 4.63. The van der Waals surface area contributed by atoms with Crippen LogP contribution in [0.25, 0.3) is 10.9 Å². The number of nitrogens with two attached hydrogens (primary N) is 1. The monoisotopic (exact) mass is 228 g/mol. The van der Waals surface area contributed by atoms with Crippen molar-refractivity contribution in [3.63, 3.8) is 0 Å². The number of aromatic nitrogens is 1. The van der Waals surface area contributed by atoms with Gasteiger partial charge in [0, 0.05) is 35.1 Å². The molecule has 2 N–H and O–H groups in total. The van der Waals surface area contributed by atoms with Crippen molar-refractivity contribution in [1.29, 1.82) is 0 Å². The average Bonchev–Trinajstić information content (AvgIpc) is 2.95. The molecule has 0 atom stereocenters. The van der Waals surface area contributed by atoms with Gasteiger partial charge in [-0.3, -0.25) is 0 Å². The molecule has 0 amide bonds. The molecule has 0 bridgehead atoms. The van der Waals surface area contributed by atoms with Crippen molar-refractivity contribution in [2.75, 3.05) is 0 Å². The molecule has 0 spiro atoms. The molecule has 0 unspecified atom stereocenters. The molecule has 1 fully saturated rings. The number of rotatable bonds is 2. The molecule has 2 nitrogen and oxygen atoms in total. The summed E-state index contributed by atoms with van der Waals surface area (Å²) in [6.07, 6.45) is 4.41. The van der Waals surface area contributed by atoms with Crippen LogP contribution in [0.1, 0.15) is 32.3 Å². The van der Waals surface area contributed by atoms with Crippen molar-refractivity contribution in [2.24, 2.45) is 12.8 Å². The Bertz CT molecular complexity index is 574. The second-order valence-corrected chi connectivity index (χ2v) is 5.95. The first-order valence-electron chi connectivity index (χ1n) is 6.29. The van der Waals surface area contributed by atoms with Crippen molar-refractivity contribution < 1.29 is 0 Å². The molecule has 17 heavy (non-hydrogen) atoms. The van der Waals surface area contributed by atoms with E-state index in [1.165, 1.54) is 16.5 Å². The first kappa shape index (κ1) is 10.8. The largest absolute Gasteiger partial charge is 0.351 e. The summed E-state index contributed by atoms with van der Waals surface area (Å²) < 4.78 is 2.17. The van der Waals surface area contributed by atoms with Crippen molar-refractivity contribution in [3.05, 3.63) is 36.0 Å². The van der Waals surface area contributed by atoms with Gasteiger partial charge >= 0.3 is 0 Å². The van der Waals surface area contributed by atoms with Crippen LogP contribution in [0.15, 0.2) is 30.5 Å². The van der Waals surface area contributed by atoms with Crippen molar-refractivity contribution in [3.8, 4) is 0 Å². The number of hydrogen-bond donors (Lipinski definition) is 1. The highest BCUT2D eigenvalue weighted by Gasteiger charge is 2.52. The maximum absolute atomic E-state index is 6.45. The number of benzene rings is 1. The summed E-state index contributed by atoms with van der Waals surface area (Å²) in [5, 5.41) is 1.34. The van der Waals surface area contributed by atoms with Gasteiger partial charge in [-0.2, -0.15) is 0 Å². The SMILES string of the molecule is Cn1ccc2c(C(C)(C)C3(N)CC3)cccc21. The number of hydrogen-bond acceptors (Lipinski definition) is 1. The van der Waals surface area contributed by atoms with Gasteiger partial charge in [0.25, 0.3) is 0 Å². The lowest BCUT2D eigenvalue weighted by Gasteiger charge is -2.33. The van der Waals surface area contributed by atoms with Crippen LogP contribution in [-0.4, -0.2) is 10.1 Å². The molecule has 1 aromatic carbocycles. The van der Waals surface area contributed by atoms with E-state index in [-0.39, 0.29) is 11.0 Å². The second kappa shape index (κ2) is 3.14. The van der Waals surface area contributed by atoms with E-state index in [0.29, 0.717) is 0 Å². The summed E-state index contributed by atoms with van der Waals surface area (Å²) in [5.41, 5.74) is 9.17. The zero-order valence-corrected chi connectivity index (χ0v) is 10.8. The molecule has 2 aromatic rings. The van der Waals surface area contributed by atoms with Gasteiger partial charge in [0.05, 0.1) is 0 Å². The van der Waals surface area contributed by atoms with E-state index in [9.17, 15) is 0 Å². The minimum Gasteiger partial charge on any atom is -0.351 e. The van der Waals surface area contributed by atoms with Crippen LogP contribution in [0, 0.1) is 0 Å². The van der Waals surface area contributed by atoms with Crippen LogP contribution in [-0.2, 0) is 12.5 Å². The molecule has 1 aliphatic rings. The van der Waals surface area contributed by atoms with E-state index in [1.807, 2.05) is 0 Å². The number of fused-ring (bicyclic) bond motifs is 1.